The Morgan fingerprint density at radius 2 is 2.23 bits per heavy atom. The van der Waals surface area contributed by atoms with Gasteiger partial charge >= 0.3 is 6.18 Å². The van der Waals surface area contributed by atoms with Crippen molar-refractivity contribution >= 4 is 17.2 Å². The van der Waals surface area contributed by atoms with Gasteiger partial charge in [0, 0.05) is 23.0 Å². The van der Waals surface area contributed by atoms with Crippen molar-refractivity contribution in [3.05, 3.63) is 40.9 Å². The molecule has 3 rings (SSSR count). The zero-order valence-electron chi connectivity index (χ0n) is 14.3. The Hall–Kier alpha value is -1.93. The van der Waals surface area contributed by atoms with Gasteiger partial charge in [0.1, 0.15) is 5.01 Å². The summed E-state index contributed by atoms with van der Waals surface area (Å²) < 4.78 is 38.5. The lowest BCUT2D eigenvalue weighted by molar-refractivity contribution is -0.137. The second-order valence-corrected chi connectivity index (χ2v) is 7.40. The first kappa shape index (κ1) is 18.8. The Kier molecular flexibility index (Phi) is 5.62. The van der Waals surface area contributed by atoms with Crippen molar-refractivity contribution in [3.8, 4) is 10.6 Å². The molecule has 1 aromatic carbocycles. The second-order valence-electron chi connectivity index (χ2n) is 6.54. The number of nitrogens with one attached hydrogen (secondary N) is 2. The van der Waals surface area contributed by atoms with Crippen LogP contribution in [-0.4, -0.2) is 29.5 Å². The van der Waals surface area contributed by atoms with Crippen LogP contribution in [0.2, 0.25) is 0 Å². The Labute approximate surface area is 153 Å². The molecule has 26 heavy (non-hydrogen) atoms. The van der Waals surface area contributed by atoms with Crippen LogP contribution in [0.3, 0.4) is 0 Å². The predicted octanol–water partition coefficient (Wildman–Crippen LogP) is 3.63. The molecule has 0 aliphatic carbocycles. The third-order valence-electron chi connectivity index (χ3n) is 4.32. The van der Waals surface area contributed by atoms with Gasteiger partial charge in [-0.2, -0.15) is 13.2 Å². The van der Waals surface area contributed by atoms with Crippen LogP contribution in [0.5, 0.6) is 0 Å². The molecule has 1 saturated heterocycles. The molecular formula is C18H20F3N3OS. The molecule has 4 nitrogen and oxygen atoms in total. The standard InChI is InChI=1S/C18H20F3N3OS/c1-11-7-14(5-6-22-11)23-16(25)9-15-10-26-17(24-15)12-3-2-4-13(8-12)18(19,20)21/h2-4,8,10-11,14,22H,5-7,9H2,1H3,(H,23,25). The molecule has 1 amide bonds. The largest absolute Gasteiger partial charge is 0.416 e. The maximum absolute atomic E-state index is 12.8. The van der Waals surface area contributed by atoms with E-state index < -0.39 is 11.7 Å². The highest BCUT2D eigenvalue weighted by Crippen LogP contribution is 2.33. The van der Waals surface area contributed by atoms with E-state index in [0.717, 1.165) is 31.5 Å². The van der Waals surface area contributed by atoms with Crippen LogP contribution < -0.4 is 10.6 Å². The SMILES string of the molecule is CC1CC(NC(=O)Cc2csc(-c3cccc(C(F)(F)F)c3)n2)CCN1. The van der Waals surface area contributed by atoms with Gasteiger partial charge in [-0.25, -0.2) is 4.98 Å². The first-order chi connectivity index (χ1) is 12.3. The van der Waals surface area contributed by atoms with E-state index in [-0.39, 0.29) is 18.4 Å². The third-order valence-corrected chi connectivity index (χ3v) is 5.26. The molecule has 2 atom stereocenters. The van der Waals surface area contributed by atoms with Crippen LogP contribution in [0.15, 0.2) is 29.6 Å². The quantitative estimate of drug-likeness (QED) is 0.848. The molecule has 0 radical (unpaired) electrons. The molecule has 1 aliphatic rings. The van der Waals surface area contributed by atoms with Crippen LogP contribution in [0.1, 0.15) is 31.0 Å². The summed E-state index contributed by atoms with van der Waals surface area (Å²) in [6, 6.07) is 5.60. The second kappa shape index (κ2) is 7.75. The fourth-order valence-electron chi connectivity index (χ4n) is 3.06. The molecular weight excluding hydrogens is 363 g/mol. The molecule has 2 unspecified atom stereocenters. The fraction of sp³-hybridized carbons (Fsp3) is 0.444. The van der Waals surface area contributed by atoms with Gasteiger partial charge in [-0.3, -0.25) is 4.79 Å². The minimum atomic E-state index is -4.39. The van der Waals surface area contributed by atoms with E-state index in [2.05, 4.69) is 22.5 Å². The predicted molar refractivity (Wildman–Crippen MR) is 94.9 cm³/mol. The molecule has 0 spiro atoms. The highest BCUT2D eigenvalue weighted by atomic mass is 32.1. The van der Waals surface area contributed by atoms with E-state index in [4.69, 9.17) is 0 Å². The molecule has 8 heteroatoms. The number of carbonyl (C=O) groups excluding carboxylic acids is 1. The molecule has 1 aliphatic heterocycles. The van der Waals surface area contributed by atoms with Crippen molar-refractivity contribution in [2.75, 3.05) is 6.54 Å². The maximum Gasteiger partial charge on any atom is 0.416 e. The normalized spacial score (nSPS) is 20.8. The minimum absolute atomic E-state index is 0.106. The van der Waals surface area contributed by atoms with Gasteiger partial charge in [0.25, 0.3) is 0 Å². The number of rotatable bonds is 4. The monoisotopic (exact) mass is 383 g/mol. The lowest BCUT2D eigenvalue weighted by Crippen LogP contribution is -2.46. The minimum Gasteiger partial charge on any atom is -0.353 e. The fourth-order valence-corrected chi connectivity index (χ4v) is 3.87. The van der Waals surface area contributed by atoms with Crippen molar-refractivity contribution in [2.45, 2.75) is 44.4 Å². The van der Waals surface area contributed by atoms with Gasteiger partial charge in [-0.15, -0.1) is 11.3 Å². The number of piperidine rings is 1. The Morgan fingerprint density at radius 3 is 2.96 bits per heavy atom. The Morgan fingerprint density at radius 1 is 1.42 bits per heavy atom. The molecule has 140 valence electrons. The molecule has 2 N–H and O–H groups in total. The summed E-state index contributed by atoms with van der Waals surface area (Å²) in [6.07, 6.45) is -2.48. The molecule has 1 fully saturated rings. The molecule has 2 aromatic rings. The van der Waals surface area contributed by atoms with Gasteiger partial charge in [-0.1, -0.05) is 12.1 Å². The average molecular weight is 383 g/mol. The number of carbonyl (C=O) groups is 1. The summed E-state index contributed by atoms with van der Waals surface area (Å²) in [5.41, 5.74) is 0.273. The molecule has 0 bridgehead atoms. The summed E-state index contributed by atoms with van der Waals surface area (Å²) in [4.78, 5) is 16.5. The Bertz CT molecular complexity index is 775. The lowest BCUT2D eigenvalue weighted by atomic mass is 10.0. The number of aromatic nitrogens is 1. The average Bonchev–Trinajstić information content (AvgIpc) is 3.02. The van der Waals surface area contributed by atoms with Gasteiger partial charge in [0.15, 0.2) is 0 Å². The summed E-state index contributed by atoms with van der Waals surface area (Å²) in [5, 5.41) is 8.55. The number of halogens is 3. The van der Waals surface area contributed by atoms with E-state index in [1.807, 2.05) is 0 Å². The Balaban J connectivity index is 1.64. The van der Waals surface area contributed by atoms with Crippen molar-refractivity contribution < 1.29 is 18.0 Å². The molecule has 0 saturated carbocycles. The van der Waals surface area contributed by atoms with Crippen LogP contribution in [-0.2, 0) is 17.4 Å². The first-order valence-corrected chi connectivity index (χ1v) is 9.34. The van der Waals surface area contributed by atoms with Gasteiger partial charge in [-0.05, 0) is 38.4 Å². The van der Waals surface area contributed by atoms with Crippen LogP contribution in [0.25, 0.3) is 10.6 Å². The number of amides is 1. The van der Waals surface area contributed by atoms with Gasteiger partial charge in [0.05, 0.1) is 17.7 Å². The lowest BCUT2D eigenvalue weighted by Gasteiger charge is -2.28. The van der Waals surface area contributed by atoms with E-state index >= 15 is 0 Å². The number of alkyl halides is 3. The zero-order chi connectivity index (χ0) is 18.7. The van der Waals surface area contributed by atoms with E-state index in [0.29, 0.717) is 22.3 Å². The number of benzene rings is 1. The first-order valence-electron chi connectivity index (χ1n) is 8.46. The number of hydrogen-bond donors (Lipinski definition) is 2. The summed E-state index contributed by atoms with van der Waals surface area (Å²) in [7, 11) is 0. The maximum atomic E-state index is 12.8. The smallest absolute Gasteiger partial charge is 0.353 e. The van der Waals surface area contributed by atoms with E-state index in [1.165, 1.54) is 17.4 Å². The number of thiazole rings is 1. The zero-order valence-corrected chi connectivity index (χ0v) is 15.1. The topological polar surface area (TPSA) is 54.0 Å². The molecule has 2 heterocycles. The highest BCUT2D eigenvalue weighted by Gasteiger charge is 2.30. The van der Waals surface area contributed by atoms with Crippen LogP contribution in [0.4, 0.5) is 13.2 Å². The van der Waals surface area contributed by atoms with Crippen LogP contribution in [0, 0.1) is 0 Å². The van der Waals surface area contributed by atoms with Crippen molar-refractivity contribution in [2.24, 2.45) is 0 Å². The third kappa shape index (κ3) is 4.82. The van der Waals surface area contributed by atoms with E-state index in [9.17, 15) is 18.0 Å². The van der Waals surface area contributed by atoms with Crippen molar-refractivity contribution in [3.63, 3.8) is 0 Å². The molecule has 1 aromatic heterocycles. The number of nitrogens with zero attached hydrogens (tertiary/aromatic N) is 1. The van der Waals surface area contributed by atoms with Gasteiger partial charge in [0.2, 0.25) is 5.91 Å². The summed E-state index contributed by atoms with van der Waals surface area (Å²) >= 11 is 1.24. The van der Waals surface area contributed by atoms with E-state index in [1.54, 1.807) is 11.4 Å². The van der Waals surface area contributed by atoms with Crippen molar-refractivity contribution in [1.82, 2.24) is 15.6 Å². The van der Waals surface area contributed by atoms with Crippen LogP contribution >= 0.6 is 11.3 Å². The van der Waals surface area contributed by atoms with Crippen molar-refractivity contribution in [1.29, 1.82) is 0 Å². The summed E-state index contributed by atoms with van der Waals surface area (Å²) in [5.74, 6) is -0.106. The van der Waals surface area contributed by atoms with Gasteiger partial charge < -0.3 is 10.6 Å². The number of hydrogen-bond acceptors (Lipinski definition) is 4. The summed E-state index contributed by atoms with van der Waals surface area (Å²) in [6.45, 7) is 2.96. The highest BCUT2D eigenvalue weighted by molar-refractivity contribution is 7.13.